The summed E-state index contributed by atoms with van der Waals surface area (Å²) >= 11 is 1.40. The Bertz CT molecular complexity index is 887. The molecular formula is C22H31N5O2S. The zero-order valence-electron chi connectivity index (χ0n) is 18.3. The van der Waals surface area contributed by atoms with Crippen molar-refractivity contribution in [2.75, 3.05) is 36.4 Å². The third kappa shape index (κ3) is 5.78. The summed E-state index contributed by atoms with van der Waals surface area (Å²) in [5.41, 5.74) is 3.82. The van der Waals surface area contributed by atoms with Crippen molar-refractivity contribution in [2.45, 2.75) is 47.0 Å². The maximum absolute atomic E-state index is 12.5. The summed E-state index contributed by atoms with van der Waals surface area (Å²) in [6.07, 6.45) is 1.22. The van der Waals surface area contributed by atoms with Crippen molar-refractivity contribution in [2.24, 2.45) is 5.92 Å². The van der Waals surface area contributed by atoms with E-state index in [2.05, 4.69) is 66.3 Å². The number of rotatable bonds is 7. The van der Waals surface area contributed by atoms with E-state index < -0.39 is 0 Å². The highest BCUT2D eigenvalue weighted by molar-refractivity contribution is 7.15. The molecule has 7 nitrogen and oxygen atoms in total. The van der Waals surface area contributed by atoms with E-state index in [9.17, 15) is 9.59 Å². The molecule has 0 saturated carbocycles. The van der Waals surface area contributed by atoms with E-state index in [4.69, 9.17) is 0 Å². The second-order valence-electron chi connectivity index (χ2n) is 8.23. The highest BCUT2D eigenvalue weighted by Gasteiger charge is 2.23. The zero-order valence-corrected chi connectivity index (χ0v) is 19.1. The van der Waals surface area contributed by atoms with Crippen LogP contribution in [0.2, 0.25) is 0 Å². The molecule has 1 aliphatic rings. The van der Waals surface area contributed by atoms with Gasteiger partial charge in [-0.1, -0.05) is 37.3 Å². The van der Waals surface area contributed by atoms with Crippen LogP contribution in [-0.2, 0) is 16.0 Å². The van der Waals surface area contributed by atoms with Gasteiger partial charge in [0.2, 0.25) is 16.9 Å². The first-order valence-corrected chi connectivity index (χ1v) is 11.4. The Labute approximate surface area is 182 Å². The maximum atomic E-state index is 12.5. The molecule has 1 aromatic heterocycles. The highest BCUT2D eigenvalue weighted by Crippen LogP contribution is 2.24. The van der Waals surface area contributed by atoms with E-state index in [0.717, 1.165) is 24.5 Å². The number of amides is 2. The van der Waals surface area contributed by atoms with Gasteiger partial charge < -0.3 is 15.1 Å². The Balaban J connectivity index is 1.43. The van der Waals surface area contributed by atoms with Crippen molar-refractivity contribution in [3.63, 3.8) is 0 Å². The maximum Gasteiger partial charge on any atom is 0.226 e. The Morgan fingerprint density at radius 1 is 1.10 bits per heavy atom. The van der Waals surface area contributed by atoms with Crippen LogP contribution in [0.15, 0.2) is 18.2 Å². The van der Waals surface area contributed by atoms with Crippen LogP contribution in [-0.4, -0.2) is 53.1 Å². The number of carbonyl (C=O) groups is 2. The van der Waals surface area contributed by atoms with E-state index in [1.165, 1.54) is 28.2 Å². The van der Waals surface area contributed by atoms with Gasteiger partial charge >= 0.3 is 0 Å². The van der Waals surface area contributed by atoms with Crippen LogP contribution in [0.5, 0.6) is 0 Å². The number of aromatic nitrogens is 2. The molecule has 2 amide bonds. The predicted octanol–water partition coefficient (Wildman–Crippen LogP) is 3.42. The topological polar surface area (TPSA) is 78.4 Å². The average Bonchev–Trinajstić information content (AvgIpc) is 3.14. The number of nitrogens with one attached hydrogen (secondary N) is 1. The number of hydrogen-bond acceptors (Lipinski definition) is 6. The molecule has 1 aromatic carbocycles. The number of carbonyl (C=O) groups excluding carboxylic acids is 2. The molecule has 1 N–H and O–H groups in total. The van der Waals surface area contributed by atoms with Crippen molar-refractivity contribution < 1.29 is 9.59 Å². The summed E-state index contributed by atoms with van der Waals surface area (Å²) in [7, 11) is 0. The van der Waals surface area contributed by atoms with Gasteiger partial charge in [-0.15, -0.1) is 10.2 Å². The molecule has 1 saturated heterocycles. The van der Waals surface area contributed by atoms with Crippen LogP contribution in [0.3, 0.4) is 0 Å². The van der Waals surface area contributed by atoms with E-state index >= 15 is 0 Å². The summed E-state index contributed by atoms with van der Waals surface area (Å²) in [4.78, 5) is 28.9. The Morgan fingerprint density at radius 3 is 2.53 bits per heavy atom. The molecule has 0 unspecified atom stereocenters. The van der Waals surface area contributed by atoms with Gasteiger partial charge in [0, 0.05) is 51.1 Å². The molecule has 0 spiro atoms. The van der Waals surface area contributed by atoms with Gasteiger partial charge in [0.1, 0.15) is 5.01 Å². The van der Waals surface area contributed by atoms with Crippen molar-refractivity contribution in [3.05, 3.63) is 34.3 Å². The third-order valence-corrected chi connectivity index (χ3v) is 6.27. The lowest BCUT2D eigenvalue weighted by molar-refractivity contribution is -0.133. The third-order valence-electron chi connectivity index (χ3n) is 5.41. The Hall–Kier alpha value is -2.48. The molecule has 1 fully saturated rings. The quantitative estimate of drug-likeness (QED) is 0.730. The Kier molecular flexibility index (Phi) is 7.42. The summed E-state index contributed by atoms with van der Waals surface area (Å²) in [6.45, 7) is 11.5. The number of piperazine rings is 1. The van der Waals surface area contributed by atoms with Crippen LogP contribution in [0.4, 0.5) is 10.8 Å². The minimum atomic E-state index is -0.190. The highest BCUT2D eigenvalue weighted by atomic mass is 32.1. The first kappa shape index (κ1) is 22.2. The first-order chi connectivity index (χ1) is 14.3. The second kappa shape index (κ2) is 10.0. The summed E-state index contributed by atoms with van der Waals surface area (Å²) < 4.78 is 0. The molecule has 162 valence electrons. The number of benzene rings is 1. The van der Waals surface area contributed by atoms with Gasteiger partial charge in [0.25, 0.3) is 0 Å². The van der Waals surface area contributed by atoms with Crippen LogP contribution in [0, 0.1) is 19.8 Å². The van der Waals surface area contributed by atoms with E-state index in [-0.39, 0.29) is 24.7 Å². The van der Waals surface area contributed by atoms with Crippen LogP contribution in [0.1, 0.15) is 42.8 Å². The van der Waals surface area contributed by atoms with Gasteiger partial charge in [-0.05, 0) is 37.0 Å². The molecule has 0 atom stereocenters. The lowest BCUT2D eigenvalue weighted by Crippen LogP contribution is -2.49. The molecule has 8 heteroatoms. The standard InChI is InChI=1S/C22H31N5O2S/c1-15(2)14-20-24-25-22(30-20)23-19(28)8-9-21(29)27-12-10-26(11-13-27)18-7-5-6-16(3)17(18)4/h5-7,15H,8-14H2,1-4H3,(H,23,25,28). The van der Waals surface area contributed by atoms with E-state index in [1.807, 2.05) is 4.90 Å². The largest absolute Gasteiger partial charge is 0.368 e. The molecule has 1 aliphatic heterocycles. The smallest absolute Gasteiger partial charge is 0.226 e. The normalized spacial score (nSPS) is 14.3. The molecule has 3 rings (SSSR count). The number of nitrogens with zero attached hydrogens (tertiary/aromatic N) is 4. The fourth-order valence-corrected chi connectivity index (χ4v) is 4.54. The first-order valence-electron chi connectivity index (χ1n) is 10.5. The van der Waals surface area contributed by atoms with Crippen molar-refractivity contribution in [3.8, 4) is 0 Å². The minimum Gasteiger partial charge on any atom is -0.368 e. The van der Waals surface area contributed by atoms with Crippen molar-refractivity contribution in [1.82, 2.24) is 15.1 Å². The molecule has 0 aliphatic carbocycles. The van der Waals surface area contributed by atoms with Gasteiger partial charge in [0.05, 0.1) is 0 Å². The zero-order chi connectivity index (χ0) is 21.7. The molecule has 30 heavy (non-hydrogen) atoms. The van der Waals surface area contributed by atoms with Gasteiger partial charge in [0.15, 0.2) is 0 Å². The lowest BCUT2D eigenvalue weighted by Gasteiger charge is -2.37. The van der Waals surface area contributed by atoms with E-state index in [1.54, 1.807) is 0 Å². The molecular weight excluding hydrogens is 398 g/mol. The molecule has 0 bridgehead atoms. The lowest BCUT2D eigenvalue weighted by atomic mass is 10.1. The number of hydrogen-bond donors (Lipinski definition) is 1. The Morgan fingerprint density at radius 2 is 1.83 bits per heavy atom. The fraction of sp³-hybridized carbons (Fsp3) is 0.545. The molecule has 2 heterocycles. The van der Waals surface area contributed by atoms with Gasteiger partial charge in [-0.25, -0.2) is 0 Å². The monoisotopic (exact) mass is 429 g/mol. The fourth-order valence-electron chi connectivity index (χ4n) is 3.57. The van der Waals surface area contributed by atoms with Crippen molar-refractivity contribution >= 4 is 34.0 Å². The summed E-state index contributed by atoms with van der Waals surface area (Å²) in [5, 5.41) is 12.3. The average molecular weight is 430 g/mol. The second-order valence-corrected chi connectivity index (χ2v) is 9.30. The minimum absolute atomic E-state index is 0.0310. The number of anilines is 2. The molecule has 0 radical (unpaired) electrons. The summed E-state index contributed by atoms with van der Waals surface area (Å²) in [6, 6.07) is 6.35. The van der Waals surface area contributed by atoms with Crippen LogP contribution >= 0.6 is 11.3 Å². The summed E-state index contributed by atoms with van der Waals surface area (Å²) in [5.74, 6) is 0.336. The van der Waals surface area contributed by atoms with Crippen molar-refractivity contribution in [1.29, 1.82) is 0 Å². The van der Waals surface area contributed by atoms with Gasteiger partial charge in [-0.3, -0.25) is 9.59 Å². The SMILES string of the molecule is Cc1cccc(N2CCN(C(=O)CCC(=O)Nc3nnc(CC(C)C)s3)CC2)c1C. The van der Waals surface area contributed by atoms with E-state index in [0.29, 0.717) is 24.1 Å². The van der Waals surface area contributed by atoms with Crippen LogP contribution < -0.4 is 10.2 Å². The van der Waals surface area contributed by atoms with Gasteiger partial charge in [-0.2, -0.15) is 0 Å². The van der Waals surface area contributed by atoms with Crippen LogP contribution in [0.25, 0.3) is 0 Å². The molecule has 2 aromatic rings. The number of aryl methyl sites for hydroxylation is 1. The predicted molar refractivity (Wildman–Crippen MR) is 121 cm³/mol.